The second-order valence-electron chi connectivity index (χ2n) is 3.77. The van der Waals surface area contributed by atoms with E-state index in [1.165, 1.54) is 6.42 Å². The van der Waals surface area contributed by atoms with E-state index in [0.29, 0.717) is 0 Å². The van der Waals surface area contributed by atoms with E-state index < -0.39 is 0 Å². The van der Waals surface area contributed by atoms with Crippen molar-refractivity contribution >= 4 is 0 Å². The van der Waals surface area contributed by atoms with Gasteiger partial charge in [-0.15, -0.1) is 0 Å². The van der Waals surface area contributed by atoms with Crippen molar-refractivity contribution < 1.29 is 0 Å². The van der Waals surface area contributed by atoms with Gasteiger partial charge in [-0.05, 0) is 23.2 Å². The molecule has 0 aromatic heterocycles. The zero-order chi connectivity index (χ0) is 5.94. The van der Waals surface area contributed by atoms with Gasteiger partial charge in [-0.25, -0.2) is 0 Å². The third kappa shape index (κ3) is 0.284. The van der Waals surface area contributed by atoms with E-state index in [1.807, 2.05) is 0 Å². The fourth-order valence-electron chi connectivity index (χ4n) is 2.65. The highest BCUT2D eigenvalue weighted by Crippen LogP contribution is 2.82. The fourth-order valence-corrected chi connectivity index (χ4v) is 2.65. The van der Waals surface area contributed by atoms with Crippen molar-refractivity contribution in [1.82, 2.24) is 0 Å². The molecule has 0 saturated heterocycles. The van der Waals surface area contributed by atoms with E-state index in [2.05, 4.69) is 20.8 Å². The van der Waals surface area contributed by atoms with E-state index in [4.69, 9.17) is 0 Å². The van der Waals surface area contributed by atoms with Crippen LogP contribution in [0.15, 0.2) is 0 Å². The van der Waals surface area contributed by atoms with Crippen LogP contribution in [0.1, 0.15) is 27.2 Å². The Morgan fingerprint density at radius 1 is 1.38 bits per heavy atom. The lowest BCUT2D eigenvalue weighted by atomic mass is 9.89. The Balaban J connectivity index is 2.01. The van der Waals surface area contributed by atoms with Gasteiger partial charge in [0.05, 0.1) is 0 Å². The first-order chi connectivity index (χ1) is 3.72. The van der Waals surface area contributed by atoms with Crippen LogP contribution in [-0.2, 0) is 0 Å². The Labute approximate surface area is 51.3 Å². The first-order valence-electron chi connectivity index (χ1n) is 3.72. The quantitative estimate of drug-likeness (QED) is 0.486. The second-order valence-corrected chi connectivity index (χ2v) is 3.77. The smallest absolute Gasteiger partial charge is 0.0261 e. The lowest BCUT2D eigenvalue weighted by molar-refractivity contribution is 0.331. The van der Waals surface area contributed by atoms with Gasteiger partial charge in [0.25, 0.3) is 0 Å². The van der Waals surface area contributed by atoms with Crippen LogP contribution in [-0.4, -0.2) is 0 Å². The van der Waals surface area contributed by atoms with E-state index in [0.717, 1.165) is 23.2 Å². The molecule has 0 heteroatoms. The van der Waals surface area contributed by atoms with Crippen LogP contribution < -0.4 is 0 Å². The Hall–Kier alpha value is 0. The summed E-state index contributed by atoms with van der Waals surface area (Å²) in [6.07, 6.45) is 1.41. The van der Waals surface area contributed by atoms with Crippen molar-refractivity contribution in [3.63, 3.8) is 0 Å². The fraction of sp³-hybridized carbons (Fsp3) is 1.00. The molecule has 0 aromatic rings. The standard InChI is InChI=1S/C8H14/c1-4-8(3)6-5(2)7(6)8/h5-7H,4H2,1-3H3. The van der Waals surface area contributed by atoms with Crippen LogP contribution in [0.4, 0.5) is 0 Å². The summed E-state index contributed by atoms with van der Waals surface area (Å²) in [5.74, 6) is 3.39. The third-order valence-electron chi connectivity index (χ3n) is 3.55. The SMILES string of the molecule is CCC1(C)C2C(C)C21. The Kier molecular flexibility index (Phi) is 0.595. The molecule has 2 unspecified atom stereocenters. The van der Waals surface area contributed by atoms with Crippen LogP contribution in [0.5, 0.6) is 0 Å². The van der Waals surface area contributed by atoms with Gasteiger partial charge in [-0.1, -0.05) is 27.2 Å². The molecule has 0 bridgehead atoms. The van der Waals surface area contributed by atoms with Crippen molar-refractivity contribution in [2.75, 3.05) is 0 Å². The minimum atomic E-state index is 0.819. The van der Waals surface area contributed by atoms with Crippen molar-refractivity contribution in [3.8, 4) is 0 Å². The second kappa shape index (κ2) is 0.984. The molecule has 2 fully saturated rings. The van der Waals surface area contributed by atoms with Crippen LogP contribution in [0.2, 0.25) is 0 Å². The monoisotopic (exact) mass is 110 g/mol. The van der Waals surface area contributed by atoms with Gasteiger partial charge in [0.2, 0.25) is 0 Å². The van der Waals surface area contributed by atoms with Crippen molar-refractivity contribution in [2.24, 2.45) is 23.2 Å². The first-order valence-corrected chi connectivity index (χ1v) is 3.72. The van der Waals surface area contributed by atoms with Gasteiger partial charge in [0.1, 0.15) is 0 Å². The summed E-state index contributed by atoms with van der Waals surface area (Å²) >= 11 is 0. The maximum absolute atomic E-state index is 2.43. The summed E-state index contributed by atoms with van der Waals surface area (Å²) < 4.78 is 0. The largest absolute Gasteiger partial charge is 0.0648 e. The molecule has 0 N–H and O–H groups in total. The maximum Gasteiger partial charge on any atom is -0.0261 e. The van der Waals surface area contributed by atoms with Crippen LogP contribution in [0, 0.1) is 23.2 Å². The molecule has 8 heavy (non-hydrogen) atoms. The van der Waals surface area contributed by atoms with Crippen LogP contribution in [0.3, 0.4) is 0 Å². The van der Waals surface area contributed by atoms with Gasteiger partial charge in [0.15, 0.2) is 0 Å². The zero-order valence-corrected chi connectivity index (χ0v) is 5.94. The normalized spacial score (nSPS) is 67.1. The number of hydrogen-bond acceptors (Lipinski definition) is 0. The van der Waals surface area contributed by atoms with E-state index in [9.17, 15) is 0 Å². The third-order valence-corrected chi connectivity index (χ3v) is 3.55. The molecule has 0 aromatic carbocycles. The predicted octanol–water partition coefficient (Wildman–Crippen LogP) is 2.30. The minimum Gasteiger partial charge on any atom is -0.0648 e. The Bertz CT molecular complexity index is 116. The maximum atomic E-state index is 2.43. The topological polar surface area (TPSA) is 0 Å². The van der Waals surface area contributed by atoms with E-state index in [-0.39, 0.29) is 0 Å². The number of fused-ring (bicyclic) bond motifs is 1. The summed E-state index contributed by atoms with van der Waals surface area (Å²) in [6.45, 7) is 7.13. The molecule has 2 aliphatic rings. The van der Waals surface area contributed by atoms with Crippen LogP contribution >= 0.6 is 0 Å². The number of rotatable bonds is 1. The molecule has 0 radical (unpaired) electrons. The Morgan fingerprint density at radius 2 is 1.88 bits per heavy atom. The van der Waals surface area contributed by atoms with Crippen molar-refractivity contribution in [3.05, 3.63) is 0 Å². The molecule has 0 heterocycles. The van der Waals surface area contributed by atoms with Crippen LogP contribution in [0.25, 0.3) is 0 Å². The lowest BCUT2D eigenvalue weighted by Gasteiger charge is -2.16. The highest BCUT2D eigenvalue weighted by atomic mass is 14.8. The van der Waals surface area contributed by atoms with Gasteiger partial charge < -0.3 is 0 Å². The molecule has 2 aliphatic carbocycles. The predicted molar refractivity (Wildman–Crippen MR) is 34.5 cm³/mol. The number of hydrogen-bond donors (Lipinski definition) is 0. The molecule has 2 saturated carbocycles. The minimum absolute atomic E-state index is 0.819. The van der Waals surface area contributed by atoms with Gasteiger partial charge >= 0.3 is 0 Å². The highest BCUT2D eigenvalue weighted by Gasteiger charge is 2.77. The molecule has 46 valence electrons. The van der Waals surface area contributed by atoms with E-state index >= 15 is 0 Å². The Morgan fingerprint density at radius 3 is 2.00 bits per heavy atom. The lowest BCUT2D eigenvalue weighted by Crippen LogP contribution is -2.08. The molecule has 0 aliphatic heterocycles. The highest BCUT2D eigenvalue weighted by molar-refractivity contribution is 5.24. The molecule has 0 spiro atoms. The summed E-state index contributed by atoms with van der Waals surface area (Å²) in [5, 5.41) is 0. The molecule has 0 amide bonds. The molecular formula is C8H14. The molecule has 0 nitrogen and oxygen atoms in total. The summed E-state index contributed by atoms with van der Waals surface area (Å²) in [5.41, 5.74) is 0.819. The average Bonchev–Trinajstić information content (AvgIpc) is 2.57. The van der Waals surface area contributed by atoms with Crippen molar-refractivity contribution in [1.29, 1.82) is 0 Å². The first kappa shape index (κ1) is 4.84. The molecule has 2 atom stereocenters. The van der Waals surface area contributed by atoms with E-state index in [1.54, 1.807) is 0 Å². The van der Waals surface area contributed by atoms with Crippen molar-refractivity contribution in [2.45, 2.75) is 27.2 Å². The molecular weight excluding hydrogens is 96.1 g/mol. The summed E-state index contributed by atoms with van der Waals surface area (Å²) in [4.78, 5) is 0. The van der Waals surface area contributed by atoms with Gasteiger partial charge in [-0.3, -0.25) is 0 Å². The summed E-state index contributed by atoms with van der Waals surface area (Å²) in [6, 6.07) is 0. The van der Waals surface area contributed by atoms with Gasteiger partial charge in [-0.2, -0.15) is 0 Å². The molecule has 2 rings (SSSR count). The summed E-state index contributed by atoms with van der Waals surface area (Å²) in [7, 11) is 0. The average molecular weight is 110 g/mol. The van der Waals surface area contributed by atoms with Gasteiger partial charge in [0, 0.05) is 0 Å². The zero-order valence-electron chi connectivity index (χ0n) is 5.94.